The van der Waals surface area contributed by atoms with Crippen molar-refractivity contribution in [2.24, 2.45) is 0 Å². The van der Waals surface area contributed by atoms with Crippen LogP contribution in [0.2, 0.25) is 0 Å². The van der Waals surface area contributed by atoms with Gasteiger partial charge in [0.25, 0.3) is 0 Å². The van der Waals surface area contributed by atoms with Gasteiger partial charge in [-0.3, -0.25) is 0 Å². The molecule has 0 aromatic heterocycles. The molecule has 1 heterocycles. The van der Waals surface area contributed by atoms with Crippen LogP contribution < -0.4 is 0 Å². The quantitative estimate of drug-likeness (QED) is 0.717. The number of halogens is 2. The Hall–Kier alpha value is -1.23. The average molecular weight is 378 g/mol. The van der Waals surface area contributed by atoms with Gasteiger partial charge in [0.1, 0.15) is 11.9 Å². The Bertz CT molecular complexity index is 563. The molecular weight excluding hydrogens is 357 g/mol. The zero-order valence-corrected chi connectivity index (χ0v) is 14.6. The summed E-state index contributed by atoms with van der Waals surface area (Å²) in [4.78, 5) is 2.43. The van der Waals surface area contributed by atoms with Crippen LogP contribution in [0.5, 0.6) is 0 Å². The van der Waals surface area contributed by atoms with E-state index in [2.05, 4.69) is 20.8 Å². The molecule has 122 valence electrons. The lowest BCUT2D eigenvalue weighted by Gasteiger charge is -2.21. The highest BCUT2D eigenvalue weighted by molar-refractivity contribution is 9.10. The second kappa shape index (κ2) is 8.04. The molecule has 1 aliphatic rings. The predicted molar refractivity (Wildman–Crippen MR) is 94.0 cm³/mol. The monoisotopic (exact) mass is 377 g/mol. The molecular formula is C19H21BrFNO. The van der Waals surface area contributed by atoms with Crippen LogP contribution in [0.3, 0.4) is 0 Å². The van der Waals surface area contributed by atoms with E-state index in [-0.39, 0.29) is 11.9 Å². The molecule has 1 atom stereocenters. The van der Waals surface area contributed by atoms with E-state index in [0.717, 1.165) is 22.1 Å². The third kappa shape index (κ3) is 4.63. The highest BCUT2D eigenvalue weighted by Gasteiger charge is 2.17. The van der Waals surface area contributed by atoms with E-state index in [9.17, 15) is 4.39 Å². The third-order valence-corrected chi connectivity index (χ3v) is 4.76. The minimum atomic E-state index is -0.222. The average Bonchev–Trinajstić information content (AvgIpc) is 3.07. The fourth-order valence-electron chi connectivity index (χ4n) is 2.97. The first-order valence-corrected chi connectivity index (χ1v) is 8.86. The van der Waals surface area contributed by atoms with E-state index < -0.39 is 0 Å². The van der Waals surface area contributed by atoms with E-state index in [1.165, 1.54) is 38.1 Å². The van der Waals surface area contributed by atoms with Gasteiger partial charge < -0.3 is 9.64 Å². The van der Waals surface area contributed by atoms with Gasteiger partial charge in [-0.2, -0.15) is 0 Å². The molecule has 3 rings (SSSR count). The van der Waals surface area contributed by atoms with Crippen molar-refractivity contribution in [2.45, 2.75) is 18.9 Å². The van der Waals surface area contributed by atoms with Crippen LogP contribution in [-0.4, -0.2) is 31.1 Å². The topological polar surface area (TPSA) is 12.5 Å². The second-order valence-electron chi connectivity index (χ2n) is 5.90. The highest BCUT2D eigenvalue weighted by Crippen LogP contribution is 2.27. The third-order valence-electron chi connectivity index (χ3n) is 4.24. The maximum atomic E-state index is 13.2. The van der Waals surface area contributed by atoms with Crippen molar-refractivity contribution >= 4 is 15.9 Å². The molecule has 0 aliphatic carbocycles. The minimum Gasteiger partial charge on any atom is -0.367 e. The fourth-order valence-corrected chi connectivity index (χ4v) is 3.23. The maximum Gasteiger partial charge on any atom is 0.123 e. The zero-order chi connectivity index (χ0) is 16.1. The molecule has 2 aromatic carbocycles. The van der Waals surface area contributed by atoms with Gasteiger partial charge in [0.15, 0.2) is 0 Å². The summed E-state index contributed by atoms with van der Waals surface area (Å²) in [5, 5.41) is 0. The molecule has 0 spiro atoms. The van der Waals surface area contributed by atoms with Gasteiger partial charge in [-0.05, 0) is 61.3 Å². The number of ether oxygens (including phenoxy) is 1. The van der Waals surface area contributed by atoms with Crippen molar-refractivity contribution in [3.05, 3.63) is 69.9 Å². The van der Waals surface area contributed by atoms with Crippen LogP contribution >= 0.6 is 15.9 Å². The van der Waals surface area contributed by atoms with E-state index in [1.807, 2.05) is 24.3 Å². The van der Waals surface area contributed by atoms with Crippen molar-refractivity contribution in [1.29, 1.82) is 0 Å². The molecule has 1 fully saturated rings. The van der Waals surface area contributed by atoms with Gasteiger partial charge in [-0.25, -0.2) is 4.39 Å². The molecule has 0 amide bonds. The lowest BCUT2D eigenvalue weighted by molar-refractivity contribution is 0.0644. The Kier molecular flexibility index (Phi) is 5.81. The molecule has 23 heavy (non-hydrogen) atoms. The van der Waals surface area contributed by atoms with Gasteiger partial charge in [-0.15, -0.1) is 0 Å². The van der Waals surface area contributed by atoms with Gasteiger partial charge in [0.05, 0.1) is 6.61 Å². The fraction of sp³-hybridized carbons (Fsp3) is 0.368. The van der Waals surface area contributed by atoms with Gasteiger partial charge >= 0.3 is 0 Å². The number of hydrogen-bond acceptors (Lipinski definition) is 2. The molecule has 0 unspecified atom stereocenters. The Labute approximate surface area is 145 Å². The summed E-state index contributed by atoms with van der Waals surface area (Å²) in [5.74, 6) is -0.222. The van der Waals surface area contributed by atoms with Crippen molar-refractivity contribution in [1.82, 2.24) is 4.90 Å². The standard InChI is InChI=1S/C19H21BrFNO/c20-17-7-3-15(4-8-17)19(16-5-9-18(21)10-6-16)23-14-13-22-11-1-2-12-22/h3-10,19H,1-2,11-14H2/t19-/m1/s1. The Morgan fingerprint density at radius 2 is 1.52 bits per heavy atom. The normalized spacial score (nSPS) is 16.6. The maximum absolute atomic E-state index is 13.2. The molecule has 0 saturated carbocycles. The van der Waals surface area contributed by atoms with Crippen LogP contribution in [0.1, 0.15) is 30.1 Å². The van der Waals surface area contributed by atoms with Crippen LogP contribution in [-0.2, 0) is 4.74 Å². The van der Waals surface area contributed by atoms with Crippen LogP contribution in [0.25, 0.3) is 0 Å². The first-order valence-electron chi connectivity index (χ1n) is 8.07. The van der Waals surface area contributed by atoms with Gasteiger partial charge in [-0.1, -0.05) is 40.2 Å². The molecule has 2 nitrogen and oxygen atoms in total. The lowest BCUT2D eigenvalue weighted by atomic mass is 10.0. The van der Waals surface area contributed by atoms with Crippen molar-refractivity contribution in [2.75, 3.05) is 26.2 Å². The molecule has 0 radical (unpaired) electrons. The van der Waals surface area contributed by atoms with Crippen LogP contribution in [0, 0.1) is 5.82 Å². The summed E-state index contributed by atoms with van der Waals surface area (Å²) in [6.07, 6.45) is 2.41. The summed E-state index contributed by atoms with van der Waals surface area (Å²) in [5.41, 5.74) is 2.07. The first kappa shape index (κ1) is 16.6. The molecule has 4 heteroatoms. The first-order chi connectivity index (χ1) is 11.2. The number of rotatable bonds is 6. The smallest absolute Gasteiger partial charge is 0.123 e. The summed E-state index contributed by atoms with van der Waals surface area (Å²) in [6, 6.07) is 14.7. The molecule has 1 aliphatic heterocycles. The lowest BCUT2D eigenvalue weighted by Crippen LogP contribution is -2.25. The summed E-state index contributed by atoms with van der Waals surface area (Å²) >= 11 is 3.46. The summed E-state index contributed by atoms with van der Waals surface area (Å²) in [6.45, 7) is 3.97. The highest BCUT2D eigenvalue weighted by atomic mass is 79.9. The number of likely N-dealkylation sites (tertiary alicyclic amines) is 1. The van der Waals surface area contributed by atoms with Gasteiger partial charge in [0, 0.05) is 11.0 Å². The molecule has 1 saturated heterocycles. The van der Waals surface area contributed by atoms with Gasteiger partial charge in [0.2, 0.25) is 0 Å². The van der Waals surface area contributed by atoms with E-state index in [0.29, 0.717) is 6.61 Å². The molecule has 2 aromatic rings. The van der Waals surface area contributed by atoms with Crippen molar-refractivity contribution in [3.8, 4) is 0 Å². The van der Waals surface area contributed by atoms with Crippen molar-refractivity contribution < 1.29 is 9.13 Å². The second-order valence-corrected chi connectivity index (χ2v) is 6.82. The Morgan fingerprint density at radius 3 is 2.13 bits per heavy atom. The Morgan fingerprint density at radius 1 is 0.957 bits per heavy atom. The van der Waals surface area contributed by atoms with E-state index >= 15 is 0 Å². The van der Waals surface area contributed by atoms with E-state index in [4.69, 9.17) is 4.74 Å². The minimum absolute atomic E-state index is 0.161. The molecule has 0 N–H and O–H groups in total. The molecule has 0 bridgehead atoms. The zero-order valence-electron chi connectivity index (χ0n) is 13.1. The number of benzene rings is 2. The summed E-state index contributed by atoms with van der Waals surface area (Å²) < 4.78 is 20.4. The van der Waals surface area contributed by atoms with Crippen LogP contribution in [0.15, 0.2) is 53.0 Å². The SMILES string of the molecule is Fc1ccc([C@H](OCCN2CCCC2)c2ccc(Br)cc2)cc1. The predicted octanol–water partition coefficient (Wildman–Crippen LogP) is 4.79. The summed E-state index contributed by atoms with van der Waals surface area (Å²) in [7, 11) is 0. The largest absolute Gasteiger partial charge is 0.367 e. The Balaban J connectivity index is 1.72. The number of nitrogens with zero attached hydrogens (tertiary/aromatic N) is 1. The van der Waals surface area contributed by atoms with Crippen LogP contribution in [0.4, 0.5) is 4.39 Å². The number of hydrogen-bond donors (Lipinski definition) is 0. The van der Waals surface area contributed by atoms with Crippen molar-refractivity contribution in [3.63, 3.8) is 0 Å². The van der Waals surface area contributed by atoms with E-state index in [1.54, 1.807) is 12.1 Å².